The Kier molecular flexibility index (Phi) is 2.51. The van der Waals surface area contributed by atoms with Gasteiger partial charge in [0, 0.05) is 6.20 Å². The molecule has 0 aliphatic heterocycles. The molecule has 0 saturated heterocycles. The van der Waals surface area contributed by atoms with Gasteiger partial charge >= 0.3 is 5.76 Å². The van der Waals surface area contributed by atoms with E-state index in [1.54, 1.807) is 18.3 Å². The van der Waals surface area contributed by atoms with E-state index in [9.17, 15) is 4.79 Å². The Labute approximate surface area is 121 Å². The van der Waals surface area contributed by atoms with Crippen LogP contribution in [0, 0.1) is 0 Å². The Morgan fingerprint density at radius 2 is 2.24 bits per heavy atom. The van der Waals surface area contributed by atoms with Crippen LogP contribution in [0.15, 0.2) is 39.0 Å². The molecule has 0 spiro atoms. The molecule has 4 aromatic rings. The fraction of sp³-hybridized carbons (Fsp3) is 0.0769. The van der Waals surface area contributed by atoms with Crippen LogP contribution in [0.4, 0.5) is 5.82 Å². The summed E-state index contributed by atoms with van der Waals surface area (Å²) < 4.78 is 6.53. The second kappa shape index (κ2) is 4.38. The van der Waals surface area contributed by atoms with E-state index in [2.05, 4.69) is 15.0 Å². The Morgan fingerprint density at radius 3 is 3.14 bits per heavy atom. The zero-order valence-electron chi connectivity index (χ0n) is 10.7. The van der Waals surface area contributed by atoms with Gasteiger partial charge in [0.05, 0.1) is 11.9 Å². The molecule has 0 amide bonds. The van der Waals surface area contributed by atoms with Crippen molar-refractivity contribution in [3.05, 3.63) is 46.2 Å². The van der Waals surface area contributed by atoms with Gasteiger partial charge in [-0.1, -0.05) is 0 Å². The number of fused-ring (bicyclic) bond motifs is 2. The maximum atomic E-state index is 11.9. The molecule has 0 atom stereocenters. The second-order valence-corrected chi connectivity index (χ2v) is 5.34. The van der Waals surface area contributed by atoms with Crippen molar-refractivity contribution in [2.45, 2.75) is 6.54 Å². The Bertz CT molecular complexity index is 1020. The minimum absolute atomic E-state index is 0.168. The Balaban J connectivity index is 1.86. The number of rotatable bonds is 2. The summed E-state index contributed by atoms with van der Waals surface area (Å²) in [6, 6.07) is 5.28. The minimum atomic E-state index is -0.489. The van der Waals surface area contributed by atoms with E-state index < -0.39 is 5.76 Å². The van der Waals surface area contributed by atoms with E-state index in [1.807, 2.05) is 11.4 Å². The molecule has 0 unspecified atom stereocenters. The molecule has 104 valence electrons. The number of hydrogen-bond donors (Lipinski definition) is 1. The van der Waals surface area contributed by atoms with Gasteiger partial charge in [-0.05, 0) is 23.6 Å². The first-order chi connectivity index (χ1) is 10.2. The largest absolute Gasteiger partial charge is 0.421 e. The minimum Gasteiger partial charge on any atom is -0.406 e. The number of thiophene rings is 1. The maximum absolute atomic E-state index is 11.9. The average molecular weight is 299 g/mol. The van der Waals surface area contributed by atoms with Crippen molar-refractivity contribution in [1.29, 1.82) is 0 Å². The van der Waals surface area contributed by atoms with Crippen LogP contribution in [0.25, 0.3) is 21.4 Å². The smallest absolute Gasteiger partial charge is 0.406 e. The van der Waals surface area contributed by atoms with E-state index in [1.165, 1.54) is 15.9 Å². The van der Waals surface area contributed by atoms with Gasteiger partial charge in [0.15, 0.2) is 17.1 Å². The molecular weight excluding hydrogens is 290 g/mol. The summed E-state index contributed by atoms with van der Waals surface area (Å²) in [4.78, 5) is 25.5. The number of pyridine rings is 1. The molecule has 4 rings (SSSR count). The van der Waals surface area contributed by atoms with E-state index in [4.69, 9.17) is 10.2 Å². The quantitative estimate of drug-likeness (QED) is 0.604. The third kappa shape index (κ3) is 1.88. The third-order valence-corrected chi connectivity index (χ3v) is 3.93. The van der Waals surface area contributed by atoms with Crippen LogP contribution in [-0.4, -0.2) is 19.5 Å². The van der Waals surface area contributed by atoms with E-state index in [0.29, 0.717) is 22.9 Å². The average Bonchev–Trinajstić information content (AvgIpc) is 3.05. The highest BCUT2D eigenvalue weighted by atomic mass is 32.1. The van der Waals surface area contributed by atoms with Crippen LogP contribution in [0.2, 0.25) is 0 Å². The van der Waals surface area contributed by atoms with Gasteiger partial charge in [-0.2, -0.15) is 0 Å². The summed E-state index contributed by atoms with van der Waals surface area (Å²) in [7, 11) is 0. The third-order valence-electron chi connectivity index (χ3n) is 3.12. The summed E-state index contributed by atoms with van der Waals surface area (Å²) >= 11 is 1.48. The number of anilines is 1. The van der Waals surface area contributed by atoms with Crippen LogP contribution in [0.1, 0.15) is 5.82 Å². The first kappa shape index (κ1) is 12.0. The molecule has 0 aromatic carbocycles. The normalized spacial score (nSPS) is 11.4. The highest BCUT2D eigenvalue weighted by Crippen LogP contribution is 2.23. The topological polar surface area (TPSA) is 99.8 Å². The number of nitrogens with two attached hydrogens (primary N) is 1. The van der Waals surface area contributed by atoms with Crippen LogP contribution >= 0.6 is 11.3 Å². The van der Waals surface area contributed by atoms with Gasteiger partial charge in [-0.25, -0.2) is 19.7 Å². The summed E-state index contributed by atoms with van der Waals surface area (Å²) in [6.45, 7) is 0.168. The fourth-order valence-corrected chi connectivity index (χ4v) is 2.97. The lowest BCUT2D eigenvalue weighted by Gasteiger charge is -2.03. The van der Waals surface area contributed by atoms with Crippen molar-refractivity contribution in [2.75, 3.05) is 5.73 Å². The van der Waals surface area contributed by atoms with Crippen LogP contribution < -0.4 is 11.5 Å². The van der Waals surface area contributed by atoms with Gasteiger partial charge < -0.3 is 10.2 Å². The number of oxazole rings is 1. The van der Waals surface area contributed by atoms with Gasteiger partial charge in [-0.15, -0.1) is 11.3 Å². The molecule has 0 fully saturated rings. The SMILES string of the molecule is Nc1nc(Cn2c(=O)oc3cccnc32)nc2sccc12. The highest BCUT2D eigenvalue weighted by Gasteiger charge is 2.13. The van der Waals surface area contributed by atoms with Crippen molar-refractivity contribution < 1.29 is 4.42 Å². The van der Waals surface area contributed by atoms with Crippen LogP contribution in [0.3, 0.4) is 0 Å². The lowest BCUT2D eigenvalue weighted by Crippen LogP contribution is -2.17. The molecule has 4 aromatic heterocycles. The molecule has 7 nitrogen and oxygen atoms in total. The molecule has 0 bridgehead atoms. The van der Waals surface area contributed by atoms with Crippen molar-refractivity contribution in [1.82, 2.24) is 19.5 Å². The van der Waals surface area contributed by atoms with Gasteiger partial charge in [-0.3, -0.25) is 4.57 Å². The molecule has 0 saturated carbocycles. The van der Waals surface area contributed by atoms with Crippen molar-refractivity contribution in [2.24, 2.45) is 0 Å². The molecule has 4 heterocycles. The lowest BCUT2D eigenvalue weighted by atomic mass is 10.4. The Hall–Kier alpha value is -2.74. The first-order valence-electron chi connectivity index (χ1n) is 6.16. The number of aromatic nitrogens is 4. The van der Waals surface area contributed by atoms with E-state index >= 15 is 0 Å². The fourth-order valence-electron chi connectivity index (χ4n) is 2.18. The molecule has 0 aliphatic rings. The van der Waals surface area contributed by atoms with Crippen LogP contribution in [0.5, 0.6) is 0 Å². The summed E-state index contributed by atoms with van der Waals surface area (Å²) in [5, 5.41) is 2.73. The molecule has 0 aliphatic carbocycles. The summed E-state index contributed by atoms with van der Waals surface area (Å²) in [6.07, 6.45) is 1.60. The maximum Gasteiger partial charge on any atom is 0.421 e. The van der Waals surface area contributed by atoms with E-state index in [-0.39, 0.29) is 6.54 Å². The molecule has 21 heavy (non-hydrogen) atoms. The van der Waals surface area contributed by atoms with Crippen molar-refractivity contribution in [3.63, 3.8) is 0 Å². The monoisotopic (exact) mass is 299 g/mol. The zero-order valence-corrected chi connectivity index (χ0v) is 11.5. The number of nitrogen functional groups attached to an aromatic ring is 1. The molecule has 0 radical (unpaired) electrons. The first-order valence-corrected chi connectivity index (χ1v) is 7.04. The van der Waals surface area contributed by atoms with Crippen molar-refractivity contribution >= 4 is 38.6 Å². The predicted octanol–water partition coefficient (Wildman–Crippen LogP) is 1.62. The second-order valence-electron chi connectivity index (χ2n) is 4.44. The lowest BCUT2D eigenvalue weighted by molar-refractivity contribution is 0.514. The molecular formula is C13H9N5O2S. The highest BCUT2D eigenvalue weighted by molar-refractivity contribution is 7.16. The number of hydrogen-bond acceptors (Lipinski definition) is 7. The summed E-state index contributed by atoms with van der Waals surface area (Å²) in [5.74, 6) is 0.375. The van der Waals surface area contributed by atoms with E-state index in [0.717, 1.165) is 10.2 Å². The van der Waals surface area contributed by atoms with Crippen LogP contribution in [-0.2, 0) is 6.54 Å². The van der Waals surface area contributed by atoms with Gasteiger partial charge in [0.2, 0.25) is 0 Å². The zero-order chi connectivity index (χ0) is 14.4. The standard InChI is InChI=1S/C13H9N5O2S/c14-10-7-3-5-21-12(7)17-9(16-10)6-18-11-8(20-13(18)19)2-1-4-15-11/h1-5H,6H2,(H2,14,16,17). The Morgan fingerprint density at radius 1 is 1.33 bits per heavy atom. The number of nitrogens with zero attached hydrogens (tertiary/aromatic N) is 4. The molecule has 2 N–H and O–H groups in total. The molecule has 8 heteroatoms. The van der Waals surface area contributed by atoms with Crippen molar-refractivity contribution in [3.8, 4) is 0 Å². The summed E-state index contributed by atoms with van der Waals surface area (Å²) in [5.41, 5.74) is 6.82. The van der Waals surface area contributed by atoms with Gasteiger partial charge in [0.25, 0.3) is 0 Å². The van der Waals surface area contributed by atoms with Gasteiger partial charge in [0.1, 0.15) is 10.6 Å². The predicted molar refractivity (Wildman–Crippen MR) is 79.2 cm³/mol.